The predicted molar refractivity (Wildman–Crippen MR) is 67.3 cm³/mol. The van der Waals surface area contributed by atoms with E-state index in [9.17, 15) is 8.42 Å². The zero-order valence-electron chi connectivity index (χ0n) is 10.4. The molecule has 0 radical (unpaired) electrons. The maximum Gasteiger partial charge on any atom is 0.273 e. The Morgan fingerprint density at radius 1 is 1.22 bits per heavy atom. The van der Waals surface area contributed by atoms with Gasteiger partial charge in [-0.15, -0.1) is 10.2 Å². The lowest BCUT2D eigenvalue weighted by molar-refractivity contribution is 0.580. The first-order valence-electron chi connectivity index (χ1n) is 5.30. The van der Waals surface area contributed by atoms with E-state index in [1.807, 2.05) is 32.0 Å². The van der Waals surface area contributed by atoms with Crippen molar-refractivity contribution in [1.82, 2.24) is 14.8 Å². The topological polar surface area (TPSA) is 90.9 Å². The van der Waals surface area contributed by atoms with E-state index in [-0.39, 0.29) is 5.16 Å². The molecule has 0 amide bonds. The average molecular weight is 266 g/mol. The van der Waals surface area contributed by atoms with Crippen LogP contribution in [0.3, 0.4) is 0 Å². The van der Waals surface area contributed by atoms with Crippen molar-refractivity contribution in [3.63, 3.8) is 0 Å². The number of aromatic nitrogens is 3. The van der Waals surface area contributed by atoms with Crippen molar-refractivity contribution in [3.05, 3.63) is 29.3 Å². The lowest BCUT2D eigenvalue weighted by atomic mass is 10.1. The molecule has 7 heteroatoms. The van der Waals surface area contributed by atoms with Crippen LogP contribution in [0.5, 0.6) is 0 Å². The minimum absolute atomic E-state index is 0.238. The maximum atomic E-state index is 11.3. The van der Waals surface area contributed by atoms with Crippen LogP contribution in [0.2, 0.25) is 0 Å². The van der Waals surface area contributed by atoms with Crippen LogP contribution in [0.25, 0.3) is 11.4 Å². The first-order chi connectivity index (χ1) is 8.30. The van der Waals surface area contributed by atoms with Crippen molar-refractivity contribution >= 4 is 10.0 Å². The zero-order chi connectivity index (χ0) is 13.5. The highest BCUT2D eigenvalue weighted by molar-refractivity contribution is 7.89. The molecule has 1 heterocycles. The molecule has 2 rings (SSSR count). The molecule has 0 fully saturated rings. The Bertz CT molecular complexity index is 704. The van der Waals surface area contributed by atoms with E-state index in [1.165, 1.54) is 4.57 Å². The van der Waals surface area contributed by atoms with Crippen LogP contribution in [0, 0.1) is 13.8 Å². The summed E-state index contributed by atoms with van der Waals surface area (Å²) in [6.45, 7) is 3.93. The van der Waals surface area contributed by atoms with E-state index in [1.54, 1.807) is 7.05 Å². The van der Waals surface area contributed by atoms with Crippen molar-refractivity contribution in [2.45, 2.75) is 19.0 Å². The summed E-state index contributed by atoms with van der Waals surface area (Å²) < 4.78 is 24.0. The van der Waals surface area contributed by atoms with Gasteiger partial charge in [0.2, 0.25) is 0 Å². The number of aryl methyl sites for hydroxylation is 2. The highest BCUT2D eigenvalue weighted by Crippen LogP contribution is 2.23. The van der Waals surface area contributed by atoms with E-state index in [4.69, 9.17) is 5.14 Å². The van der Waals surface area contributed by atoms with Crippen LogP contribution in [-0.4, -0.2) is 23.2 Å². The van der Waals surface area contributed by atoms with Crippen molar-refractivity contribution in [3.8, 4) is 11.4 Å². The summed E-state index contributed by atoms with van der Waals surface area (Å²) >= 11 is 0. The lowest BCUT2D eigenvalue weighted by Gasteiger charge is -2.06. The number of nitrogens with zero attached hydrogens (tertiary/aromatic N) is 3. The molecule has 6 nitrogen and oxygen atoms in total. The number of primary sulfonamides is 1. The summed E-state index contributed by atoms with van der Waals surface area (Å²) in [5, 5.41) is 12.3. The molecule has 0 saturated carbocycles. The second kappa shape index (κ2) is 4.18. The van der Waals surface area contributed by atoms with Gasteiger partial charge in [-0.25, -0.2) is 13.6 Å². The molecular formula is C11H14N4O2S. The molecule has 1 aromatic carbocycles. The fourth-order valence-electron chi connectivity index (χ4n) is 1.86. The second-order valence-electron chi connectivity index (χ2n) is 4.23. The number of nitrogens with two attached hydrogens (primary N) is 1. The molecule has 0 aliphatic carbocycles. The summed E-state index contributed by atoms with van der Waals surface area (Å²) in [4.78, 5) is 0. The standard InChI is InChI=1S/C11H14N4O2S/c1-7-4-5-9(8(2)6-7)10-13-14-11(15(10)3)18(12,16)17/h4-6H,1-3H3,(H2,12,16,17). The largest absolute Gasteiger partial charge is 0.300 e. The molecule has 0 atom stereocenters. The van der Waals surface area contributed by atoms with E-state index < -0.39 is 10.0 Å². The van der Waals surface area contributed by atoms with Gasteiger partial charge < -0.3 is 0 Å². The van der Waals surface area contributed by atoms with E-state index >= 15 is 0 Å². The lowest BCUT2D eigenvalue weighted by Crippen LogP contribution is -2.17. The molecule has 0 spiro atoms. The van der Waals surface area contributed by atoms with Gasteiger partial charge in [-0.2, -0.15) is 0 Å². The molecule has 2 N–H and O–H groups in total. The molecule has 2 aromatic rings. The van der Waals surface area contributed by atoms with Gasteiger partial charge in [-0.1, -0.05) is 23.8 Å². The number of hydrogen-bond donors (Lipinski definition) is 1. The molecule has 96 valence electrons. The Hall–Kier alpha value is -1.73. The summed E-state index contributed by atoms with van der Waals surface area (Å²) in [6.07, 6.45) is 0. The van der Waals surface area contributed by atoms with Gasteiger partial charge in [0.1, 0.15) is 0 Å². The third-order valence-electron chi connectivity index (χ3n) is 2.71. The quantitative estimate of drug-likeness (QED) is 0.868. The van der Waals surface area contributed by atoms with Crippen molar-refractivity contribution in [2.24, 2.45) is 12.2 Å². The maximum absolute atomic E-state index is 11.3. The molecule has 0 aliphatic rings. The molecule has 18 heavy (non-hydrogen) atoms. The highest BCUT2D eigenvalue weighted by Gasteiger charge is 2.20. The van der Waals surface area contributed by atoms with Gasteiger partial charge in [0, 0.05) is 12.6 Å². The number of hydrogen-bond acceptors (Lipinski definition) is 4. The minimum atomic E-state index is -3.85. The minimum Gasteiger partial charge on any atom is -0.300 e. The van der Waals surface area contributed by atoms with Crippen molar-refractivity contribution < 1.29 is 8.42 Å². The van der Waals surface area contributed by atoms with E-state index in [0.717, 1.165) is 16.7 Å². The van der Waals surface area contributed by atoms with Gasteiger partial charge in [-0.05, 0) is 19.4 Å². The van der Waals surface area contributed by atoms with Gasteiger partial charge in [-0.3, -0.25) is 4.57 Å². The fraction of sp³-hybridized carbons (Fsp3) is 0.273. The smallest absolute Gasteiger partial charge is 0.273 e. The molecule has 0 unspecified atom stereocenters. The van der Waals surface area contributed by atoms with Gasteiger partial charge in [0.05, 0.1) is 0 Å². The first-order valence-corrected chi connectivity index (χ1v) is 6.85. The van der Waals surface area contributed by atoms with Gasteiger partial charge in [0.15, 0.2) is 5.82 Å². The normalized spacial score (nSPS) is 11.8. The van der Waals surface area contributed by atoms with Crippen LogP contribution < -0.4 is 5.14 Å². The molecular weight excluding hydrogens is 252 g/mol. The number of sulfonamides is 1. The summed E-state index contributed by atoms with van der Waals surface area (Å²) in [6, 6.07) is 5.83. The molecule has 0 aliphatic heterocycles. The summed E-state index contributed by atoms with van der Waals surface area (Å²) in [5.41, 5.74) is 2.97. The predicted octanol–water partition coefficient (Wildman–Crippen LogP) is 0.746. The molecule has 1 aromatic heterocycles. The third kappa shape index (κ3) is 2.14. The average Bonchev–Trinajstić information content (AvgIpc) is 2.60. The van der Waals surface area contributed by atoms with Gasteiger partial charge >= 0.3 is 0 Å². The first kappa shape index (κ1) is 12.7. The SMILES string of the molecule is Cc1ccc(-c2nnc(S(N)(=O)=O)n2C)c(C)c1. The Balaban J connectivity index is 2.63. The third-order valence-corrected chi connectivity index (χ3v) is 3.58. The molecule has 0 bridgehead atoms. The van der Waals surface area contributed by atoms with Crippen LogP contribution in [0.4, 0.5) is 0 Å². The Morgan fingerprint density at radius 2 is 1.89 bits per heavy atom. The fourth-order valence-corrected chi connectivity index (χ4v) is 2.48. The Kier molecular flexibility index (Phi) is 2.95. The van der Waals surface area contributed by atoms with Crippen LogP contribution in [0.15, 0.2) is 23.4 Å². The van der Waals surface area contributed by atoms with Crippen LogP contribution in [0.1, 0.15) is 11.1 Å². The highest BCUT2D eigenvalue weighted by atomic mass is 32.2. The Labute approximate surface area is 106 Å². The Morgan fingerprint density at radius 3 is 2.39 bits per heavy atom. The summed E-state index contributed by atoms with van der Waals surface area (Å²) in [7, 11) is -2.27. The molecule has 0 saturated heterocycles. The van der Waals surface area contributed by atoms with Crippen molar-refractivity contribution in [1.29, 1.82) is 0 Å². The zero-order valence-corrected chi connectivity index (χ0v) is 11.2. The van der Waals surface area contributed by atoms with Crippen LogP contribution in [-0.2, 0) is 17.1 Å². The van der Waals surface area contributed by atoms with Gasteiger partial charge in [0.25, 0.3) is 15.2 Å². The van der Waals surface area contributed by atoms with E-state index in [2.05, 4.69) is 10.2 Å². The number of rotatable bonds is 2. The summed E-state index contributed by atoms with van der Waals surface area (Å²) in [5.74, 6) is 0.483. The van der Waals surface area contributed by atoms with E-state index in [0.29, 0.717) is 5.82 Å². The number of benzene rings is 1. The van der Waals surface area contributed by atoms with Crippen LogP contribution >= 0.6 is 0 Å². The monoisotopic (exact) mass is 266 g/mol. The van der Waals surface area contributed by atoms with Crippen molar-refractivity contribution in [2.75, 3.05) is 0 Å². The second-order valence-corrected chi connectivity index (χ2v) is 5.68.